The number of para-hydroxylation sites is 1. The van der Waals surface area contributed by atoms with Gasteiger partial charge in [-0.05, 0) is 25.0 Å². The van der Waals surface area contributed by atoms with Crippen molar-refractivity contribution in [2.45, 2.75) is 12.8 Å². The molecule has 0 atom stereocenters. The Morgan fingerprint density at radius 1 is 1.11 bits per heavy atom. The highest BCUT2D eigenvalue weighted by atomic mass is 32.2. The molecule has 1 N–H and O–H groups in total. The summed E-state index contributed by atoms with van der Waals surface area (Å²) in [7, 11) is -2.87. The van der Waals surface area contributed by atoms with Crippen LogP contribution in [-0.4, -0.2) is 45.2 Å². The van der Waals surface area contributed by atoms with Crippen molar-refractivity contribution in [3.63, 3.8) is 0 Å². The zero-order valence-corrected chi connectivity index (χ0v) is 11.6. The Balaban J connectivity index is 2.44. The molecular weight excluding hydrogens is 250 g/mol. The molecule has 0 aromatic heterocycles. The Kier molecular flexibility index (Phi) is 6.15. The van der Waals surface area contributed by atoms with Gasteiger partial charge in [-0.3, -0.25) is 0 Å². The molecule has 0 aliphatic heterocycles. The van der Waals surface area contributed by atoms with Crippen LogP contribution in [0.3, 0.4) is 0 Å². The number of benzene rings is 1. The summed E-state index contributed by atoms with van der Waals surface area (Å²) < 4.78 is 22.0. The van der Waals surface area contributed by atoms with E-state index in [0.717, 1.165) is 18.7 Å². The lowest BCUT2D eigenvalue weighted by Gasteiger charge is -2.23. The van der Waals surface area contributed by atoms with Crippen molar-refractivity contribution in [3.05, 3.63) is 30.3 Å². The fraction of sp³-hybridized carbons (Fsp3) is 0.538. The summed E-state index contributed by atoms with van der Waals surface area (Å²) in [4.78, 5) is 2.07. The zero-order chi connectivity index (χ0) is 13.4. The van der Waals surface area contributed by atoms with Gasteiger partial charge in [0, 0.05) is 30.8 Å². The fourth-order valence-electron chi connectivity index (χ4n) is 1.80. The van der Waals surface area contributed by atoms with E-state index in [4.69, 9.17) is 5.11 Å². The van der Waals surface area contributed by atoms with Crippen LogP contribution in [0, 0.1) is 0 Å². The summed E-state index contributed by atoms with van der Waals surface area (Å²) in [6, 6.07) is 9.84. The minimum Gasteiger partial charge on any atom is -0.395 e. The Morgan fingerprint density at radius 2 is 1.78 bits per heavy atom. The number of rotatable bonds is 8. The maximum absolute atomic E-state index is 11.0. The van der Waals surface area contributed by atoms with Gasteiger partial charge >= 0.3 is 0 Å². The summed E-state index contributed by atoms with van der Waals surface area (Å²) in [5.41, 5.74) is 1.06. The Hall–Kier alpha value is -1.07. The second-order valence-corrected chi connectivity index (χ2v) is 6.64. The van der Waals surface area contributed by atoms with Crippen molar-refractivity contribution in [2.75, 3.05) is 36.6 Å². The maximum Gasteiger partial charge on any atom is 0.147 e. The standard InChI is InChI=1S/C13H21NO3S/c1-18(16,17)12-6-5-9-14(10-11-15)13-7-3-2-4-8-13/h2-4,7-8,15H,5-6,9-12H2,1H3. The highest BCUT2D eigenvalue weighted by Gasteiger charge is 2.06. The second-order valence-electron chi connectivity index (χ2n) is 4.38. The molecule has 0 radical (unpaired) electrons. The predicted octanol–water partition coefficient (Wildman–Crippen LogP) is 1.31. The molecule has 4 nitrogen and oxygen atoms in total. The number of sulfone groups is 1. The van der Waals surface area contributed by atoms with E-state index in [1.807, 2.05) is 30.3 Å². The summed E-state index contributed by atoms with van der Waals surface area (Å²) in [6.45, 7) is 1.43. The number of aliphatic hydroxyl groups is 1. The largest absolute Gasteiger partial charge is 0.395 e. The van der Waals surface area contributed by atoms with Gasteiger partial charge in [-0.25, -0.2) is 8.42 Å². The van der Waals surface area contributed by atoms with E-state index in [-0.39, 0.29) is 12.4 Å². The average molecular weight is 271 g/mol. The molecule has 1 aromatic carbocycles. The molecule has 18 heavy (non-hydrogen) atoms. The van der Waals surface area contributed by atoms with E-state index in [1.165, 1.54) is 6.26 Å². The number of hydrogen-bond acceptors (Lipinski definition) is 4. The van der Waals surface area contributed by atoms with Crippen LogP contribution in [0.15, 0.2) is 30.3 Å². The number of nitrogens with zero attached hydrogens (tertiary/aromatic N) is 1. The van der Waals surface area contributed by atoms with E-state index in [1.54, 1.807) is 0 Å². The van der Waals surface area contributed by atoms with E-state index >= 15 is 0 Å². The number of anilines is 1. The summed E-state index contributed by atoms with van der Waals surface area (Å²) in [6.07, 6.45) is 2.73. The van der Waals surface area contributed by atoms with Crippen molar-refractivity contribution in [1.29, 1.82) is 0 Å². The quantitative estimate of drug-likeness (QED) is 0.724. The van der Waals surface area contributed by atoms with Gasteiger partial charge in [0.2, 0.25) is 0 Å². The van der Waals surface area contributed by atoms with Crippen LogP contribution in [0.1, 0.15) is 12.8 Å². The second kappa shape index (κ2) is 7.38. The van der Waals surface area contributed by atoms with Crippen molar-refractivity contribution >= 4 is 15.5 Å². The van der Waals surface area contributed by atoms with Crippen LogP contribution in [0.2, 0.25) is 0 Å². The molecule has 0 amide bonds. The molecule has 5 heteroatoms. The normalized spacial score (nSPS) is 11.4. The highest BCUT2D eigenvalue weighted by molar-refractivity contribution is 7.90. The van der Waals surface area contributed by atoms with Gasteiger partial charge in [0.25, 0.3) is 0 Å². The molecule has 0 saturated carbocycles. The van der Waals surface area contributed by atoms with E-state index in [2.05, 4.69) is 4.90 Å². The van der Waals surface area contributed by atoms with Gasteiger partial charge in [-0.15, -0.1) is 0 Å². The summed E-state index contributed by atoms with van der Waals surface area (Å²) >= 11 is 0. The monoisotopic (exact) mass is 271 g/mol. The predicted molar refractivity (Wildman–Crippen MR) is 74.7 cm³/mol. The number of hydrogen-bond donors (Lipinski definition) is 1. The van der Waals surface area contributed by atoms with Gasteiger partial charge in [-0.2, -0.15) is 0 Å². The number of unbranched alkanes of at least 4 members (excludes halogenated alkanes) is 1. The van der Waals surface area contributed by atoms with Crippen LogP contribution in [0.4, 0.5) is 5.69 Å². The van der Waals surface area contributed by atoms with Crippen LogP contribution >= 0.6 is 0 Å². The van der Waals surface area contributed by atoms with Crippen LogP contribution in [0.5, 0.6) is 0 Å². The van der Waals surface area contributed by atoms with Gasteiger partial charge in [0.15, 0.2) is 0 Å². The minimum atomic E-state index is -2.87. The molecule has 0 fully saturated rings. The SMILES string of the molecule is CS(=O)(=O)CCCCN(CCO)c1ccccc1. The first-order valence-electron chi connectivity index (χ1n) is 6.11. The lowest BCUT2D eigenvalue weighted by Crippen LogP contribution is -2.28. The Bertz CT molecular complexity index is 431. The van der Waals surface area contributed by atoms with Crippen LogP contribution in [0.25, 0.3) is 0 Å². The van der Waals surface area contributed by atoms with Crippen molar-refractivity contribution in [1.82, 2.24) is 0 Å². The topological polar surface area (TPSA) is 57.6 Å². The Labute approximate surface area is 109 Å². The van der Waals surface area contributed by atoms with Crippen molar-refractivity contribution in [2.24, 2.45) is 0 Å². The molecule has 0 unspecified atom stereocenters. The van der Waals surface area contributed by atoms with Gasteiger partial charge in [0.1, 0.15) is 9.84 Å². The molecule has 0 heterocycles. The van der Waals surface area contributed by atoms with Gasteiger partial charge in [0.05, 0.1) is 6.61 Å². The van der Waals surface area contributed by atoms with Crippen molar-refractivity contribution < 1.29 is 13.5 Å². The first-order valence-corrected chi connectivity index (χ1v) is 8.17. The Morgan fingerprint density at radius 3 is 2.33 bits per heavy atom. The maximum atomic E-state index is 11.0. The third-order valence-electron chi connectivity index (χ3n) is 2.68. The van der Waals surface area contributed by atoms with Gasteiger partial charge in [-0.1, -0.05) is 18.2 Å². The summed E-state index contributed by atoms with van der Waals surface area (Å²) in [5.74, 6) is 0.231. The van der Waals surface area contributed by atoms with E-state index in [9.17, 15) is 8.42 Å². The third kappa shape index (κ3) is 6.02. The molecule has 1 aromatic rings. The van der Waals surface area contributed by atoms with Crippen LogP contribution < -0.4 is 4.90 Å². The molecule has 0 aliphatic rings. The van der Waals surface area contributed by atoms with E-state index in [0.29, 0.717) is 13.0 Å². The smallest absolute Gasteiger partial charge is 0.147 e. The third-order valence-corrected chi connectivity index (χ3v) is 3.71. The minimum absolute atomic E-state index is 0.0982. The lowest BCUT2D eigenvalue weighted by atomic mass is 10.2. The van der Waals surface area contributed by atoms with Crippen LogP contribution in [-0.2, 0) is 9.84 Å². The molecule has 0 saturated heterocycles. The zero-order valence-electron chi connectivity index (χ0n) is 10.7. The molecule has 102 valence electrons. The first-order chi connectivity index (χ1) is 8.53. The van der Waals surface area contributed by atoms with Crippen molar-refractivity contribution in [3.8, 4) is 0 Å². The first kappa shape index (κ1) is 15.0. The number of aliphatic hydroxyl groups excluding tert-OH is 1. The fourth-order valence-corrected chi connectivity index (χ4v) is 2.52. The lowest BCUT2D eigenvalue weighted by molar-refractivity contribution is 0.301. The molecule has 1 rings (SSSR count). The molecule has 0 bridgehead atoms. The highest BCUT2D eigenvalue weighted by Crippen LogP contribution is 2.13. The molecule has 0 aliphatic carbocycles. The summed E-state index contributed by atoms with van der Waals surface area (Å²) in [5, 5.41) is 9.05. The van der Waals surface area contributed by atoms with E-state index < -0.39 is 9.84 Å². The molecule has 0 spiro atoms. The molecular formula is C13H21NO3S. The average Bonchev–Trinajstić information content (AvgIpc) is 2.33. The van der Waals surface area contributed by atoms with Gasteiger partial charge < -0.3 is 10.0 Å².